The Hall–Kier alpha value is -1.18. The summed E-state index contributed by atoms with van der Waals surface area (Å²) in [4.78, 5) is 18.2. The number of hydrogen-bond donors (Lipinski definition) is 1. The highest BCUT2D eigenvalue weighted by atomic mass is 79.9. The van der Waals surface area contributed by atoms with Crippen LogP contribution in [0.3, 0.4) is 0 Å². The van der Waals surface area contributed by atoms with Gasteiger partial charge < -0.3 is 0 Å². The lowest BCUT2D eigenvalue weighted by atomic mass is 10.1. The maximum Gasteiger partial charge on any atom is 0.250 e. The topological polar surface area (TPSA) is 42.0 Å². The van der Waals surface area contributed by atoms with Crippen LogP contribution in [0, 0.1) is 0 Å². The molecule has 3 aromatic rings. The van der Waals surface area contributed by atoms with E-state index < -0.39 is 0 Å². The highest BCUT2D eigenvalue weighted by Gasteiger charge is 2.08. The second-order valence-corrected chi connectivity index (χ2v) is 8.85. The van der Waals surface area contributed by atoms with Crippen LogP contribution in [-0.2, 0) is 11.2 Å². The van der Waals surface area contributed by atoms with Gasteiger partial charge in [0.05, 0.1) is 0 Å². The molecular weight excluding hydrogens is 463 g/mol. The summed E-state index contributed by atoms with van der Waals surface area (Å²) in [6, 6.07) is 7.37. The molecule has 128 valence electrons. The van der Waals surface area contributed by atoms with E-state index in [0.717, 1.165) is 19.8 Å². The van der Waals surface area contributed by atoms with Crippen molar-refractivity contribution >= 4 is 78.9 Å². The van der Waals surface area contributed by atoms with Crippen LogP contribution in [-0.4, -0.2) is 10.9 Å². The highest BCUT2D eigenvalue weighted by Crippen LogP contribution is 2.27. The first-order valence-corrected chi connectivity index (χ1v) is 10.4. The Morgan fingerprint density at radius 1 is 1.32 bits per heavy atom. The van der Waals surface area contributed by atoms with Crippen molar-refractivity contribution in [2.45, 2.75) is 6.42 Å². The summed E-state index contributed by atoms with van der Waals surface area (Å²) in [6.45, 7) is 0. The molecule has 0 bridgehead atoms. The van der Waals surface area contributed by atoms with Crippen LogP contribution >= 0.6 is 61.8 Å². The van der Waals surface area contributed by atoms with Gasteiger partial charge >= 0.3 is 0 Å². The van der Waals surface area contributed by atoms with Crippen molar-refractivity contribution in [2.75, 3.05) is 5.32 Å². The maximum absolute atomic E-state index is 12.0. The van der Waals surface area contributed by atoms with E-state index in [2.05, 4.69) is 26.2 Å². The van der Waals surface area contributed by atoms with Crippen LogP contribution in [0.2, 0.25) is 10.0 Å². The fourth-order valence-electron chi connectivity index (χ4n) is 2.02. The first-order chi connectivity index (χ1) is 12.0. The highest BCUT2D eigenvalue weighted by molar-refractivity contribution is 9.10. The van der Waals surface area contributed by atoms with Gasteiger partial charge in [0.25, 0.3) is 0 Å². The summed E-state index contributed by atoms with van der Waals surface area (Å²) in [5.41, 5.74) is 0.968. The number of aromatic nitrogens is 1. The minimum Gasteiger partial charge on any atom is -0.298 e. The summed E-state index contributed by atoms with van der Waals surface area (Å²) in [7, 11) is 0. The molecule has 3 rings (SSSR count). The standard InChI is InChI=1S/C17H11BrCl2N2OS2/c18-11-6-13(24-9-11)3-4-16(23)22-17-21-8-14(25-17)5-10-1-2-12(19)7-15(10)20/h1-4,6-9H,5H2,(H,21,22,23). The molecule has 0 aliphatic heterocycles. The third-order valence-electron chi connectivity index (χ3n) is 3.15. The first kappa shape index (κ1) is 18.6. The summed E-state index contributed by atoms with van der Waals surface area (Å²) in [5.74, 6) is -0.213. The van der Waals surface area contributed by atoms with E-state index in [0.29, 0.717) is 21.6 Å². The SMILES string of the molecule is O=C(C=Cc1cc(Br)cs1)Nc1ncc(Cc2ccc(Cl)cc2Cl)s1. The number of carbonyl (C=O) groups excluding carboxylic acids is 1. The van der Waals surface area contributed by atoms with Gasteiger partial charge in [-0.2, -0.15) is 0 Å². The van der Waals surface area contributed by atoms with Crippen LogP contribution in [0.15, 0.2) is 46.4 Å². The molecule has 0 spiro atoms. The van der Waals surface area contributed by atoms with E-state index in [1.165, 1.54) is 17.4 Å². The summed E-state index contributed by atoms with van der Waals surface area (Å²) < 4.78 is 1.00. The Labute approximate surface area is 171 Å². The number of amides is 1. The number of nitrogens with one attached hydrogen (secondary N) is 1. The third-order valence-corrected chi connectivity index (χ3v) is 6.31. The molecule has 0 fully saturated rings. The molecule has 0 radical (unpaired) electrons. The molecule has 0 saturated heterocycles. The van der Waals surface area contributed by atoms with Gasteiger partial charge in [-0.25, -0.2) is 4.98 Å². The number of hydrogen-bond acceptors (Lipinski definition) is 4. The van der Waals surface area contributed by atoms with Gasteiger partial charge in [-0.1, -0.05) is 29.3 Å². The number of thiazole rings is 1. The largest absolute Gasteiger partial charge is 0.298 e. The molecule has 1 amide bonds. The molecule has 0 aliphatic rings. The predicted molar refractivity (Wildman–Crippen MR) is 111 cm³/mol. The summed E-state index contributed by atoms with van der Waals surface area (Å²) in [6.07, 6.45) is 5.65. The van der Waals surface area contributed by atoms with Crippen LogP contribution in [0.4, 0.5) is 5.13 Å². The van der Waals surface area contributed by atoms with Gasteiger partial charge in [-0.05, 0) is 45.8 Å². The zero-order valence-electron chi connectivity index (χ0n) is 12.6. The van der Waals surface area contributed by atoms with E-state index in [9.17, 15) is 4.79 Å². The molecule has 2 heterocycles. The molecule has 0 unspecified atom stereocenters. The normalized spacial score (nSPS) is 11.2. The van der Waals surface area contributed by atoms with Gasteiger partial charge in [-0.15, -0.1) is 22.7 Å². The Morgan fingerprint density at radius 3 is 2.88 bits per heavy atom. The molecule has 2 aromatic heterocycles. The van der Waals surface area contributed by atoms with Gasteiger partial charge in [0, 0.05) is 48.3 Å². The molecule has 1 aromatic carbocycles. The zero-order chi connectivity index (χ0) is 17.8. The second kappa shape index (κ2) is 8.47. The number of halogens is 3. The Balaban J connectivity index is 1.61. The molecule has 8 heteroatoms. The van der Waals surface area contributed by atoms with Crippen molar-refractivity contribution in [2.24, 2.45) is 0 Å². The lowest BCUT2D eigenvalue weighted by Crippen LogP contribution is -2.06. The monoisotopic (exact) mass is 472 g/mol. The van der Waals surface area contributed by atoms with Crippen molar-refractivity contribution in [3.63, 3.8) is 0 Å². The number of carbonyl (C=O) groups is 1. The fourth-order valence-corrected chi connectivity index (χ4v) is 4.67. The summed E-state index contributed by atoms with van der Waals surface area (Å²) >= 11 is 18.5. The van der Waals surface area contributed by atoms with Gasteiger partial charge in [0.15, 0.2) is 5.13 Å². The van der Waals surface area contributed by atoms with Crippen molar-refractivity contribution in [3.05, 3.63) is 71.8 Å². The molecule has 3 nitrogen and oxygen atoms in total. The molecule has 1 N–H and O–H groups in total. The number of thiophene rings is 1. The van der Waals surface area contributed by atoms with Gasteiger partial charge in [-0.3, -0.25) is 10.1 Å². The van der Waals surface area contributed by atoms with Crippen LogP contribution in [0.25, 0.3) is 6.08 Å². The minimum absolute atomic E-state index is 0.213. The van der Waals surface area contributed by atoms with Crippen LogP contribution in [0.1, 0.15) is 15.3 Å². The summed E-state index contributed by atoms with van der Waals surface area (Å²) in [5, 5.41) is 6.52. The second-order valence-electron chi connectivity index (χ2n) is 5.03. The van der Waals surface area contributed by atoms with Crippen molar-refractivity contribution < 1.29 is 4.79 Å². The Bertz CT molecular complexity index is 936. The molecule has 0 saturated carbocycles. The van der Waals surface area contributed by atoms with Crippen molar-refractivity contribution in [3.8, 4) is 0 Å². The van der Waals surface area contributed by atoms with Crippen LogP contribution < -0.4 is 5.32 Å². The maximum atomic E-state index is 12.0. The first-order valence-electron chi connectivity index (χ1n) is 7.11. The van der Waals surface area contributed by atoms with E-state index in [4.69, 9.17) is 23.2 Å². The Kier molecular flexibility index (Phi) is 6.30. The number of benzene rings is 1. The van der Waals surface area contributed by atoms with E-state index >= 15 is 0 Å². The molecule has 25 heavy (non-hydrogen) atoms. The smallest absolute Gasteiger partial charge is 0.250 e. The number of nitrogens with zero attached hydrogens (tertiary/aromatic N) is 1. The zero-order valence-corrected chi connectivity index (χ0v) is 17.4. The Morgan fingerprint density at radius 2 is 2.16 bits per heavy atom. The van der Waals surface area contributed by atoms with Crippen LogP contribution in [0.5, 0.6) is 0 Å². The van der Waals surface area contributed by atoms with E-state index in [1.54, 1.807) is 35.7 Å². The lowest BCUT2D eigenvalue weighted by molar-refractivity contribution is -0.111. The van der Waals surface area contributed by atoms with E-state index in [1.807, 2.05) is 17.5 Å². The predicted octanol–water partition coefficient (Wildman–Crippen LogP) is 6.52. The van der Waals surface area contributed by atoms with Crippen molar-refractivity contribution in [1.29, 1.82) is 0 Å². The molecule has 0 atom stereocenters. The fraction of sp³-hybridized carbons (Fsp3) is 0.0588. The average Bonchev–Trinajstić information content (AvgIpc) is 3.17. The number of anilines is 1. The van der Waals surface area contributed by atoms with Gasteiger partial charge in [0.1, 0.15) is 0 Å². The minimum atomic E-state index is -0.213. The van der Waals surface area contributed by atoms with E-state index in [-0.39, 0.29) is 5.91 Å². The quantitative estimate of drug-likeness (QED) is 0.428. The molecular formula is C17H11BrCl2N2OS2. The average molecular weight is 474 g/mol. The van der Waals surface area contributed by atoms with Crippen molar-refractivity contribution in [1.82, 2.24) is 4.98 Å². The lowest BCUT2D eigenvalue weighted by Gasteiger charge is -2.02. The number of rotatable bonds is 5. The third kappa shape index (κ3) is 5.39. The molecule has 0 aliphatic carbocycles. The van der Waals surface area contributed by atoms with Gasteiger partial charge in [0.2, 0.25) is 5.91 Å².